The van der Waals surface area contributed by atoms with Crippen LogP contribution < -0.4 is 0 Å². The first-order valence-electron chi connectivity index (χ1n) is 24.5. The normalized spacial score (nSPS) is 52.5. The molecule has 0 aliphatic carbocycles. The third-order valence-electron chi connectivity index (χ3n) is 14.4. The van der Waals surface area contributed by atoms with Crippen molar-refractivity contribution in [2.24, 2.45) is 0 Å². The highest BCUT2D eigenvalue weighted by Crippen LogP contribution is 2.37. The average Bonchev–Trinajstić information content (AvgIpc) is 3.47. The van der Waals surface area contributed by atoms with Crippen LogP contribution in [0.4, 0.5) is 0 Å². The maximum atomic E-state index is 11.8. The number of ether oxygens (including phenoxy) is 13. The standard InChI is InChI=1S/C42H70O36/c43-1-8-15(50)16(51)24(59)37(67-8)74-31-10(3-45)69-39(26(61)18(31)53)76-33-12(5-47)71-41(28(63)20(33)55)78-35-14(7-49)72-42(29(64)22(35)57)77-34-13(6-48)70-40(27(62)21(34)56)75-32-11(4-46)68-38(25(60)19(32)54)73-30-9(2-44)66-36(65)23(58)17(30)52/h8-35,37-64H,1-7H2/t8-,9-,10-,11-,12-,13-,14-,15-,16+,17-,18-,19-,20-,21-,22-,23+,24-,25-,26-,27-,28-,29-,30-,31-,32-,33-,34-,35-,37-,38-,39-,40-,41-,42-/m1/s1. The molecule has 7 aliphatic rings. The largest absolute Gasteiger partial charge is 0.455 e. The molecule has 7 heterocycles. The summed E-state index contributed by atoms with van der Waals surface area (Å²) in [6.45, 7) is -6.95. The van der Waals surface area contributed by atoms with E-state index in [2.05, 4.69) is 0 Å². The first-order valence-corrected chi connectivity index (χ1v) is 24.5. The van der Waals surface area contributed by atoms with E-state index in [4.69, 9.17) is 61.6 Å². The fourth-order valence-corrected chi connectivity index (χ4v) is 9.91. The minimum Gasteiger partial charge on any atom is -0.455 e. The van der Waals surface area contributed by atoms with Crippen LogP contribution in [-0.2, 0) is 66.4 Å². The summed E-state index contributed by atoms with van der Waals surface area (Å²) in [4.78, 5) is 11.8. The van der Waals surface area contributed by atoms with Crippen molar-refractivity contribution in [1.82, 2.24) is 0 Å². The molecule has 454 valence electrons. The van der Waals surface area contributed by atoms with Gasteiger partial charge in [-0.2, -0.15) is 0 Å². The van der Waals surface area contributed by atoms with Crippen molar-refractivity contribution in [3.63, 3.8) is 0 Å². The number of aliphatic hydroxyl groups is 22. The van der Waals surface area contributed by atoms with Crippen LogP contribution in [0.2, 0.25) is 0 Å². The van der Waals surface area contributed by atoms with E-state index in [1.54, 1.807) is 0 Å². The van der Waals surface area contributed by atoms with Gasteiger partial charge in [-0.3, -0.25) is 0 Å². The lowest BCUT2D eigenvalue weighted by atomic mass is 9.95. The lowest BCUT2D eigenvalue weighted by Gasteiger charge is -2.50. The second kappa shape index (κ2) is 27.2. The van der Waals surface area contributed by atoms with Crippen molar-refractivity contribution in [2.45, 2.75) is 209 Å². The van der Waals surface area contributed by atoms with Gasteiger partial charge in [-0.1, -0.05) is 0 Å². The molecule has 7 rings (SSSR count). The Morgan fingerprint density at radius 3 is 0.692 bits per heavy atom. The van der Waals surface area contributed by atoms with Gasteiger partial charge in [-0.15, -0.1) is 0 Å². The third kappa shape index (κ3) is 12.8. The second-order valence-electron chi connectivity index (χ2n) is 19.4. The predicted molar refractivity (Wildman–Crippen MR) is 231 cm³/mol. The van der Waals surface area contributed by atoms with E-state index in [0.29, 0.717) is 0 Å². The molecule has 0 radical (unpaired) electrons. The quantitative estimate of drug-likeness (QED) is 0.0534. The Labute approximate surface area is 439 Å². The minimum absolute atomic E-state index is 0.845. The molecule has 0 saturated carbocycles. The van der Waals surface area contributed by atoms with Crippen LogP contribution in [0.15, 0.2) is 0 Å². The Hall–Kier alpha value is -1.89. The Bertz CT molecular complexity index is 1850. The van der Waals surface area contributed by atoms with Crippen molar-refractivity contribution in [2.75, 3.05) is 46.2 Å². The van der Waals surface area contributed by atoms with E-state index in [1.165, 1.54) is 0 Å². The number of aliphatic hydroxyl groups excluding tert-OH is 22. The minimum atomic E-state index is -2.23. The van der Waals surface area contributed by atoms with E-state index in [0.717, 1.165) is 0 Å². The fourth-order valence-electron chi connectivity index (χ4n) is 9.91. The number of carbonyl (C=O) groups is 1. The van der Waals surface area contributed by atoms with Crippen LogP contribution in [0, 0.1) is 0 Å². The lowest BCUT2D eigenvalue weighted by molar-refractivity contribution is -0.397. The predicted octanol–water partition coefficient (Wildman–Crippen LogP) is -16.1. The average molecular weight is 1150 g/mol. The van der Waals surface area contributed by atoms with Crippen molar-refractivity contribution >= 4 is 5.97 Å². The Morgan fingerprint density at radius 1 is 0.256 bits per heavy atom. The summed E-state index contributed by atoms with van der Waals surface area (Å²) in [7, 11) is 0. The molecule has 0 aromatic rings. The van der Waals surface area contributed by atoms with Gasteiger partial charge in [0.2, 0.25) is 0 Å². The maximum absolute atomic E-state index is 11.8. The smallest absolute Gasteiger partial charge is 0.338 e. The topological polar surface area (TPSA) is 582 Å². The molecule has 7 saturated heterocycles. The number of hydrogen-bond acceptors (Lipinski definition) is 36. The van der Waals surface area contributed by atoms with Crippen LogP contribution in [0.3, 0.4) is 0 Å². The summed E-state index contributed by atoms with van der Waals surface area (Å²) in [5.74, 6) is -1.30. The summed E-state index contributed by atoms with van der Waals surface area (Å²) in [5.41, 5.74) is 0. The molecule has 0 aromatic carbocycles. The maximum Gasteiger partial charge on any atom is 0.338 e. The zero-order chi connectivity index (χ0) is 57.3. The van der Waals surface area contributed by atoms with Crippen LogP contribution in [-0.4, -0.2) is 373 Å². The van der Waals surface area contributed by atoms with E-state index in [1.807, 2.05) is 0 Å². The molecule has 0 spiro atoms. The van der Waals surface area contributed by atoms with Gasteiger partial charge in [0.25, 0.3) is 0 Å². The summed E-state index contributed by atoms with van der Waals surface area (Å²) in [6, 6.07) is 0. The molecule has 22 N–H and O–H groups in total. The highest BCUT2D eigenvalue weighted by molar-refractivity contribution is 5.76. The van der Waals surface area contributed by atoms with Crippen LogP contribution in [0.25, 0.3) is 0 Å². The fraction of sp³-hybridized carbons (Fsp3) is 0.976. The third-order valence-corrected chi connectivity index (χ3v) is 14.4. The molecule has 78 heavy (non-hydrogen) atoms. The Kier molecular flexibility index (Phi) is 22.2. The molecule has 0 amide bonds. The highest BCUT2D eigenvalue weighted by atomic mass is 16.8. The Balaban J connectivity index is 0.947. The summed E-state index contributed by atoms with van der Waals surface area (Å²) >= 11 is 0. The molecule has 0 unspecified atom stereocenters. The molecule has 0 aromatic heterocycles. The second-order valence-corrected chi connectivity index (χ2v) is 19.4. The van der Waals surface area contributed by atoms with E-state index in [-0.39, 0.29) is 0 Å². The van der Waals surface area contributed by atoms with Gasteiger partial charge >= 0.3 is 5.97 Å². The first kappa shape index (κ1) is 63.7. The molecular formula is C42H70O36. The van der Waals surface area contributed by atoms with E-state index >= 15 is 0 Å². The van der Waals surface area contributed by atoms with Gasteiger partial charge in [0.15, 0.2) is 49.9 Å². The van der Waals surface area contributed by atoms with Gasteiger partial charge in [-0.05, 0) is 0 Å². The summed E-state index contributed by atoms with van der Waals surface area (Å²) in [6.07, 6.45) is -66.1. The monoisotopic (exact) mass is 1150 g/mol. The van der Waals surface area contributed by atoms with Crippen molar-refractivity contribution in [1.29, 1.82) is 0 Å². The van der Waals surface area contributed by atoms with E-state index < -0.39 is 261 Å². The van der Waals surface area contributed by atoms with Gasteiger partial charge in [-0.25, -0.2) is 4.79 Å². The van der Waals surface area contributed by atoms with Crippen molar-refractivity contribution < 1.29 is 179 Å². The zero-order valence-corrected chi connectivity index (χ0v) is 40.6. The molecule has 0 bridgehead atoms. The molecule has 36 heteroatoms. The summed E-state index contributed by atoms with van der Waals surface area (Å²) in [5, 5.41) is 233. The molecule has 34 atom stereocenters. The molecule has 36 nitrogen and oxygen atoms in total. The van der Waals surface area contributed by atoms with Crippen LogP contribution in [0.1, 0.15) is 0 Å². The van der Waals surface area contributed by atoms with Gasteiger partial charge in [0.05, 0.1) is 46.2 Å². The number of esters is 1. The number of carbonyl (C=O) groups excluding carboxylic acids is 1. The van der Waals surface area contributed by atoms with Gasteiger partial charge < -0.3 is 174 Å². The summed E-state index contributed by atoms with van der Waals surface area (Å²) < 4.78 is 71.6. The van der Waals surface area contributed by atoms with Gasteiger partial charge in [0, 0.05) is 0 Å². The SMILES string of the molecule is O=C1O[C@H](CO)[C@@H](O[C@H]2O[C@H](CO)[C@@H](O[C@H]3O[C@H](CO)[C@@H](O[C@H]4O[C@H](CO)[C@@H](O[C@H]5O[C@H](CO)[C@@H](O[C@H]6O[C@H](CO)[C@@H](O[C@H]7O[C@H](CO)[C@@H](O)[C@H](O)[C@H]7O)[C@H](O)[C@H]6O)[C@H](O)[C@H]5O)[C@H](O)[C@H]4O)[C@H](O)[C@H]3O)[C@H](O)[C@H]2O)[C@H](O)[C@@H]1O. The number of hydrogen-bond donors (Lipinski definition) is 22. The molecule has 7 fully saturated rings. The first-order chi connectivity index (χ1) is 37.0. The molecule has 7 aliphatic heterocycles. The number of rotatable bonds is 19. The van der Waals surface area contributed by atoms with Gasteiger partial charge in [0.1, 0.15) is 159 Å². The molecular weight excluding hydrogens is 1080 g/mol. The Morgan fingerprint density at radius 2 is 0.462 bits per heavy atom. The van der Waals surface area contributed by atoms with E-state index in [9.17, 15) is 117 Å². The van der Waals surface area contributed by atoms with Crippen LogP contribution >= 0.6 is 0 Å². The van der Waals surface area contributed by atoms with Crippen molar-refractivity contribution in [3.05, 3.63) is 0 Å². The number of cyclic esters (lactones) is 1. The van der Waals surface area contributed by atoms with Crippen molar-refractivity contribution in [3.8, 4) is 0 Å². The highest BCUT2D eigenvalue weighted by Gasteiger charge is 2.58. The lowest BCUT2D eigenvalue weighted by Crippen LogP contribution is -2.68. The van der Waals surface area contributed by atoms with Crippen LogP contribution in [0.5, 0.6) is 0 Å². The zero-order valence-electron chi connectivity index (χ0n) is 40.6.